The molecule has 37 heteroatoms. The van der Waals surface area contributed by atoms with Crippen molar-refractivity contribution in [2.75, 3.05) is 47.5 Å². The van der Waals surface area contributed by atoms with E-state index in [1.165, 1.54) is 6.07 Å². The number of nitrogens with two attached hydrogens (primary N) is 2. The summed E-state index contributed by atoms with van der Waals surface area (Å²) >= 11 is 0. The summed E-state index contributed by atoms with van der Waals surface area (Å²) in [6.45, 7) is 12.0. The fourth-order valence-corrected chi connectivity index (χ4v) is 13.8. The van der Waals surface area contributed by atoms with E-state index < -0.39 is 147 Å². The standard InChI is InChI=1S/C29H32F2N4O7S.C26H26F2N4O5.C12H18F2N4O5S/c1-5-13-43(39,40)32-16-21-24(42-26(37)23-18(3)14-17(2)15-19(23)4)29(30,31)27(41-21)35-12-11-22(34-28(35)38)33-25(36)20-9-7-6-8-10-20;1-14-11-15(2)20(16(3)12-14)23(34)37-21-18(13-29)36-24(26(21,27)28)32-10-9-19(31-25(32)35)30-22(33)17-7-5-4-6-8-17;1-2-5-24(21,22)16-6-7-9(19)12(13,14)10(23-7)18-4-3-8(15)17-11(18)20/h6-12,14-15,21,24,27,32H,5,13,16H2,1-4H3,(H,33,34,36,38);4-12,18,21,24H,13,29H2,1-3H3,(H,30,31,33,35);3-4,7,9-10,16,19H,2,5-6H2,1H3,(H2,15,17,20)/t21-,24-,27-;18-,21-,24-;7-,9-,10-/m111/s1. The lowest BCUT2D eigenvalue weighted by Gasteiger charge is -2.25. The first-order chi connectivity index (χ1) is 48.8. The molecule has 10 rings (SSSR count). The van der Waals surface area contributed by atoms with Gasteiger partial charge in [0.25, 0.3) is 11.8 Å². The zero-order valence-corrected chi connectivity index (χ0v) is 58.7. The highest BCUT2D eigenvalue weighted by Crippen LogP contribution is 2.46. The number of esters is 2. The summed E-state index contributed by atoms with van der Waals surface area (Å²) in [5.41, 5.74) is 12.4. The number of aliphatic hydroxyl groups excluding tert-OH is 1. The Labute approximate surface area is 591 Å². The molecule has 0 radical (unpaired) electrons. The second-order valence-corrected chi connectivity index (χ2v) is 28.4. The number of rotatable bonds is 22. The van der Waals surface area contributed by atoms with Gasteiger partial charge in [0.1, 0.15) is 41.9 Å². The average molecular weight is 1500 g/mol. The van der Waals surface area contributed by atoms with Gasteiger partial charge in [-0.1, -0.05) is 85.6 Å². The zero-order chi connectivity index (χ0) is 76.6. The quantitative estimate of drug-likeness (QED) is 0.0316. The minimum Gasteiger partial charge on any atom is -0.449 e. The second kappa shape index (κ2) is 33.0. The molecule has 560 valence electrons. The summed E-state index contributed by atoms with van der Waals surface area (Å²) in [7, 11) is -7.50. The number of carbonyl (C=O) groups excluding carboxylic acids is 4. The lowest BCUT2D eigenvalue weighted by molar-refractivity contribution is -0.142. The highest BCUT2D eigenvalue weighted by molar-refractivity contribution is 7.89. The van der Waals surface area contributed by atoms with Gasteiger partial charge in [-0.3, -0.25) is 23.3 Å². The molecule has 3 saturated heterocycles. The number of alkyl halides is 6. The molecule has 3 fully saturated rings. The maximum atomic E-state index is 16.0. The van der Waals surface area contributed by atoms with E-state index in [2.05, 4.69) is 35.0 Å². The van der Waals surface area contributed by atoms with Crippen molar-refractivity contribution in [3.8, 4) is 0 Å². The molecule has 3 aliphatic rings. The van der Waals surface area contributed by atoms with Crippen molar-refractivity contribution in [3.05, 3.63) is 209 Å². The van der Waals surface area contributed by atoms with Gasteiger partial charge in [-0.05, 0) is 119 Å². The minimum atomic E-state index is -4.00. The van der Waals surface area contributed by atoms with Crippen molar-refractivity contribution in [2.45, 2.75) is 141 Å². The van der Waals surface area contributed by atoms with Crippen molar-refractivity contribution in [1.82, 2.24) is 38.1 Å². The maximum absolute atomic E-state index is 16.0. The molecule has 0 saturated carbocycles. The largest absolute Gasteiger partial charge is 0.449 e. The highest BCUT2D eigenvalue weighted by atomic mass is 32.2. The van der Waals surface area contributed by atoms with Crippen LogP contribution in [0.3, 0.4) is 0 Å². The molecule has 6 heterocycles. The number of ether oxygens (including phenoxy) is 5. The number of hydrogen-bond donors (Lipinski definition) is 7. The molecule has 0 bridgehead atoms. The fraction of sp³-hybridized carbons (Fsp3) is 0.403. The predicted molar refractivity (Wildman–Crippen MR) is 364 cm³/mol. The number of aryl methyl sites for hydroxylation is 6. The number of nitrogens with one attached hydrogen (secondary N) is 4. The Bertz CT molecular complexity index is 4690. The molecule has 7 aromatic rings. The van der Waals surface area contributed by atoms with Gasteiger partial charge in [-0.15, -0.1) is 0 Å². The van der Waals surface area contributed by atoms with Crippen LogP contribution in [0.2, 0.25) is 0 Å². The van der Waals surface area contributed by atoms with E-state index >= 15 is 17.6 Å². The number of aromatic nitrogens is 6. The van der Waals surface area contributed by atoms with Crippen LogP contribution in [0.5, 0.6) is 0 Å². The lowest BCUT2D eigenvalue weighted by Crippen LogP contribution is -2.46. The number of hydrogen-bond acceptors (Lipinski definition) is 22. The normalized spacial score (nSPS) is 21.5. The van der Waals surface area contributed by atoms with Crippen molar-refractivity contribution in [2.24, 2.45) is 5.73 Å². The van der Waals surface area contributed by atoms with E-state index in [4.69, 9.17) is 35.2 Å². The molecule has 4 aromatic carbocycles. The summed E-state index contributed by atoms with van der Waals surface area (Å²) in [6.07, 6.45) is -14.1. The highest BCUT2D eigenvalue weighted by Gasteiger charge is 2.64. The van der Waals surface area contributed by atoms with Gasteiger partial charge in [-0.25, -0.2) is 50.3 Å². The van der Waals surface area contributed by atoms with E-state index in [-0.39, 0.29) is 58.6 Å². The van der Waals surface area contributed by atoms with E-state index in [1.807, 2.05) is 13.8 Å². The predicted octanol–water partition coefficient (Wildman–Crippen LogP) is 5.69. The molecule has 2 amide bonds. The smallest absolute Gasteiger partial charge is 0.351 e. The van der Waals surface area contributed by atoms with Crippen LogP contribution in [0.1, 0.15) is 120 Å². The minimum absolute atomic E-state index is 0.0903. The first kappa shape index (κ1) is 80.1. The van der Waals surface area contributed by atoms with Crippen molar-refractivity contribution in [3.63, 3.8) is 0 Å². The topological polar surface area (TPSA) is 408 Å². The van der Waals surface area contributed by atoms with Crippen LogP contribution < -0.4 is 48.6 Å². The Balaban J connectivity index is 0.000000205. The molecule has 3 aromatic heterocycles. The Kier molecular flexibility index (Phi) is 25.4. The SMILES string of the molecule is CCCS(=O)(=O)NC[C@H]1O[C@@H](n2ccc(N)nc2=O)C(F)(F)[C@@H]1O.CCCS(=O)(=O)NC[C@H]1O[C@@H](n2ccc(NC(=O)c3ccccc3)nc2=O)C(F)(F)[C@@H]1OC(=O)c1c(C)cc(C)cc1C.Cc1cc(C)c(C(=O)O[C@@H]2[C@@H](CN)O[C@@H](n3ccc(NC(=O)c4ccccc4)nc3=O)C2(F)F)c(C)c1. The van der Waals surface area contributed by atoms with Gasteiger partial charge in [-0.2, -0.15) is 41.3 Å². The summed E-state index contributed by atoms with van der Waals surface area (Å²) in [5.74, 6) is -15.6. The third-order valence-electron chi connectivity index (χ3n) is 16.3. The Morgan fingerprint density at radius 3 is 1.25 bits per heavy atom. The van der Waals surface area contributed by atoms with E-state index in [0.717, 1.165) is 41.9 Å². The number of amides is 2. The number of carbonyl (C=O) groups is 4. The van der Waals surface area contributed by atoms with Crippen LogP contribution in [0.4, 0.5) is 43.8 Å². The average Bonchev–Trinajstić information content (AvgIpc) is 1.61. The van der Waals surface area contributed by atoms with Crippen LogP contribution in [-0.4, -0.2) is 160 Å². The maximum Gasteiger partial charge on any atom is 0.351 e. The Morgan fingerprint density at radius 2 is 0.875 bits per heavy atom. The Morgan fingerprint density at radius 1 is 0.529 bits per heavy atom. The van der Waals surface area contributed by atoms with E-state index in [9.17, 15) is 64.3 Å². The van der Waals surface area contributed by atoms with Gasteiger partial charge < -0.3 is 50.9 Å². The number of nitrogen functional groups attached to an aromatic ring is 1. The van der Waals surface area contributed by atoms with Gasteiger partial charge in [0.05, 0.1) is 22.6 Å². The summed E-state index contributed by atoms with van der Waals surface area (Å²) in [4.78, 5) is 98.8. The monoisotopic (exact) mass is 1500 g/mol. The summed E-state index contributed by atoms with van der Waals surface area (Å²) in [6, 6.07) is 26.6. The number of halogens is 6. The second-order valence-electron chi connectivity index (χ2n) is 24.5. The number of nitrogens with zero attached hydrogens (tertiary/aromatic N) is 6. The molecule has 9 N–H and O–H groups in total. The van der Waals surface area contributed by atoms with Crippen LogP contribution in [0.15, 0.2) is 136 Å². The van der Waals surface area contributed by atoms with Crippen LogP contribution >= 0.6 is 0 Å². The van der Waals surface area contributed by atoms with Crippen molar-refractivity contribution >= 4 is 61.3 Å². The van der Waals surface area contributed by atoms with Gasteiger partial charge in [0.15, 0.2) is 12.2 Å². The summed E-state index contributed by atoms with van der Waals surface area (Å²) < 4.78 is 172. The number of anilines is 3. The number of benzene rings is 4. The molecule has 0 unspecified atom stereocenters. The molecular weight excluding hydrogens is 1420 g/mol. The van der Waals surface area contributed by atoms with Crippen LogP contribution in [-0.2, 0) is 43.7 Å². The first-order valence-electron chi connectivity index (χ1n) is 32.1. The fourth-order valence-electron chi connectivity index (χ4n) is 11.6. The van der Waals surface area contributed by atoms with Crippen molar-refractivity contribution < 1.29 is 91.1 Å². The van der Waals surface area contributed by atoms with Crippen molar-refractivity contribution in [1.29, 1.82) is 0 Å². The molecular formula is C67H76F6N12O17S2. The first-order valence-corrected chi connectivity index (χ1v) is 35.4. The lowest BCUT2D eigenvalue weighted by atomic mass is 10.00. The molecule has 0 spiro atoms. The molecule has 104 heavy (non-hydrogen) atoms. The van der Waals surface area contributed by atoms with Gasteiger partial charge in [0, 0.05) is 49.4 Å². The number of aliphatic hydroxyl groups is 1. The molecule has 3 aliphatic heterocycles. The molecule has 29 nitrogen and oxygen atoms in total. The van der Waals surface area contributed by atoms with Gasteiger partial charge in [0.2, 0.25) is 38.7 Å². The van der Waals surface area contributed by atoms with Crippen LogP contribution in [0.25, 0.3) is 0 Å². The molecule has 0 aliphatic carbocycles. The Hall–Kier alpha value is -9.60. The van der Waals surface area contributed by atoms with E-state index in [0.29, 0.717) is 47.9 Å². The third-order valence-corrected chi connectivity index (χ3v) is 19.4. The van der Waals surface area contributed by atoms with E-state index in [1.54, 1.807) is 126 Å². The zero-order valence-electron chi connectivity index (χ0n) is 57.1. The van der Waals surface area contributed by atoms with Gasteiger partial charge >= 0.3 is 46.8 Å². The summed E-state index contributed by atoms with van der Waals surface area (Å²) in [5, 5.41) is 14.6. The third kappa shape index (κ3) is 18.7. The number of sulfonamides is 2. The molecule has 9 atom stereocenters. The van der Waals surface area contributed by atoms with Crippen LogP contribution in [0, 0.1) is 41.5 Å².